The second kappa shape index (κ2) is 4.12. The molecule has 1 aromatic rings. The van der Waals surface area contributed by atoms with Crippen LogP contribution >= 0.6 is 11.3 Å². The number of likely N-dealkylation sites (N-methyl/N-ethyl adjacent to an activating group) is 1. The maximum absolute atomic E-state index is 11.7. The number of nitrogens with zero attached hydrogens (tertiary/aromatic N) is 2. The first-order valence-electron chi connectivity index (χ1n) is 4.74. The van der Waals surface area contributed by atoms with Gasteiger partial charge in [-0.05, 0) is 25.5 Å². The van der Waals surface area contributed by atoms with E-state index in [2.05, 4.69) is 10.3 Å². The van der Waals surface area contributed by atoms with Crippen molar-refractivity contribution in [3.05, 3.63) is 22.4 Å². The summed E-state index contributed by atoms with van der Waals surface area (Å²) in [6.45, 7) is 0.534. The maximum Gasteiger partial charge on any atom is 0.244 e. The summed E-state index contributed by atoms with van der Waals surface area (Å²) in [7, 11) is 3.77. The van der Waals surface area contributed by atoms with Crippen LogP contribution in [0.4, 0.5) is 0 Å². The Labute approximate surface area is 92.6 Å². The Morgan fingerprint density at radius 3 is 2.93 bits per heavy atom. The summed E-state index contributed by atoms with van der Waals surface area (Å²) in [5, 5.41) is 4.80. The first-order chi connectivity index (χ1) is 7.18. The lowest BCUT2D eigenvalue weighted by molar-refractivity contribution is -0.124. The molecule has 0 saturated heterocycles. The Morgan fingerprint density at radius 1 is 1.60 bits per heavy atom. The molecule has 2 rings (SSSR count). The first-order valence-corrected chi connectivity index (χ1v) is 5.62. The minimum atomic E-state index is -0.145. The summed E-state index contributed by atoms with van der Waals surface area (Å²) in [6.07, 6.45) is 0. The van der Waals surface area contributed by atoms with E-state index in [-0.39, 0.29) is 11.9 Å². The number of nitrogens with one attached hydrogen (secondary N) is 1. The molecule has 1 unspecified atom stereocenters. The van der Waals surface area contributed by atoms with E-state index in [0.717, 1.165) is 4.88 Å². The van der Waals surface area contributed by atoms with Crippen molar-refractivity contribution in [2.45, 2.75) is 6.04 Å². The Bertz CT molecular complexity index is 383. The minimum absolute atomic E-state index is 0.0263. The minimum Gasteiger partial charge on any atom is -0.308 e. The predicted octanol–water partition coefficient (Wildman–Crippen LogP) is 0.555. The van der Waals surface area contributed by atoms with Gasteiger partial charge in [0.25, 0.3) is 0 Å². The van der Waals surface area contributed by atoms with Crippen molar-refractivity contribution in [1.82, 2.24) is 10.2 Å². The summed E-state index contributed by atoms with van der Waals surface area (Å²) < 4.78 is 0. The predicted molar refractivity (Wildman–Crippen MR) is 61.3 cm³/mol. The molecule has 5 heteroatoms. The Kier molecular flexibility index (Phi) is 2.83. The molecule has 0 aromatic carbocycles. The van der Waals surface area contributed by atoms with Crippen LogP contribution in [0.15, 0.2) is 22.5 Å². The van der Waals surface area contributed by atoms with Crippen LogP contribution in [0.5, 0.6) is 0 Å². The molecule has 15 heavy (non-hydrogen) atoms. The van der Waals surface area contributed by atoms with Crippen molar-refractivity contribution in [3.63, 3.8) is 0 Å². The highest BCUT2D eigenvalue weighted by Crippen LogP contribution is 2.12. The van der Waals surface area contributed by atoms with Crippen LogP contribution in [0.3, 0.4) is 0 Å². The van der Waals surface area contributed by atoms with Gasteiger partial charge >= 0.3 is 0 Å². The van der Waals surface area contributed by atoms with E-state index in [1.165, 1.54) is 0 Å². The Morgan fingerprint density at radius 2 is 2.40 bits per heavy atom. The molecule has 1 N–H and O–H groups in total. The monoisotopic (exact) mass is 223 g/mol. The van der Waals surface area contributed by atoms with Crippen LogP contribution in [-0.2, 0) is 4.79 Å². The molecule has 1 amide bonds. The van der Waals surface area contributed by atoms with E-state index in [1.807, 2.05) is 36.5 Å². The normalized spacial score (nSPS) is 21.4. The van der Waals surface area contributed by atoms with E-state index in [9.17, 15) is 4.79 Å². The standard InChI is InChI=1S/C10H13N3OS/c1-13(2)7-6-11-9(12-10(7)14)8-4-3-5-15-8/h3-5,7H,6H2,1-2H3,(H,11,12,14). The molecule has 80 valence electrons. The molecule has 1 atom stereocenters. The SMILES string of the molecule is CN(C)C1CN=C(c2cccs2)NC1=O. The second-order valence-corrected chi connectivity index (χ2v) is 4.58. The van der Waals surface area contributed by atoms with Crippen LogP contribution < -0.4 is 5.32 Å². The average molecular weight is 223 g/mol. The highest BCUT2D eigenvalue weighted by atomic mass is 32.1. The van der Waals surface area contributed by atoms with E-state index >= 15 is 0 Å². The molecule has 1 aliphatic heterocycles. The number of hydrogen-bond acceptors (Lipinski definition) is 4. The number of rotatable bonds is 2. The van der Waals surface area contributed by atoms with Gasteiger partial charge in [0.1, 0.15) is 11.9 Å². The van der Waals surface area contributed by atoms with Crippen molar-refractivity contribution in [2.75, 3.05) is 20.6 Å². The Balaban J connectivity index is 2.17. The molecule has 0 aliphatic carbocycles. The van der Waals surface area contributed by atoms with Crippen molar-refractivity contribution >= 4 is 23.1 Å². The molecular formula is C10H13N3OS. The third-order valence-electron chi connectivity index (χ3n) is 2.34. The van der Waals surface area contributed by atoms with Gasteiger partial charge in [-0.1, -0.05) is 6.07 Å². The van der Waals surface area contributed by atoms with Crippen LogP contribution in [0.25, 0.3) is 0 Å². The quantitative estimate of drug-likeness (QED) is 0.796. The third-order valence-corrected chi connectivity index (χ3v) is 3.22. The Hall–Kier alpha value is -1.20. The van der Waals surface area contributed by atoms with Gasteiger partial charge in [-0.25, -0.2) is 0 Å². The molecule has 0 fully saturated rings. The fourth-order valence-corrected chi connectivity index (χ4v) is 2.14. The van der Waals surface area contributed by atoms with Gasteiger partial charge in [0, 0.05) is 0 Å². The van der Waals surface area contributed by atoms with Crippen molar-refractivity contribution in [1.29, 1.82) is 0 Å². The largest absolute Gasteiger partial charge is 0.308 e. The van der Waals surface area contributed by atoms with Gasteiger partial charge in [-0.2, -0.15) is 0 Å². The highest BCUT2D eigenvalue weighted by molar-refractivity contribution is 7.12. The average Bonchev–Trinajstić information content (AvgIpc) is 2.69. The summed E-state index contributed by atoms with van der Waals surface area (Å²) in [6, 6.07) is 3.76. The smallest absolute Gasteiger partial charge is 0.244 e. The fourth-order valence-electron chi connectivity index (χ4n) is 1.45. The second-order valence-electron chi connectivity index (χ2n) is 3.64. The van der Waals surface area contributed by atoms with Gasteiger partial charge in [-0.3, -0.25) is 14.7 Å². The van der Waals surface area contributed by atoms with Crippen LogP contribution in [0, 0.1) is 0 Å². The fraction of sp³-hybridized carbons (Fsp3) is 0.400. The summed E-state index contributed by atoms with van der Waals surface area (Å²) >= 11 is 1.58. The number of amides is 1. The number of aliphatic imine (C=N–C) groups is 1. The van der Waals surface area contributed by atoms with E-state index in [4.69, 9.17) is 0 Å². The lowest BCUT2D eigenvalue weighted by atomic mass is 10.2. The maximum atomic E-state index is 11.7. The van der Waals surface area contributed by atoms with Crippen LogP contribution in [0.2, 0.25) is 0 Å². The number of carbonyl (C=O) groups excluding carboxylic acids is 1. The van der Waals surface area contributed by atoms with Crippen molar-refractivity contribution < 1.29 is 4.79 Å². The van der Waals surface area contributed by atoms with Gasteiger partial charge < -0.3 is 5.32 Å². The molecule has 0 spiro atoms. The van der Waals surface area contributed by atoms with Crippen molar-refractivity contribution in [2.24, 2.45) is 4.99 Å². The lowest BCUT2D eigenvalue weighted by Crippen LogP contribution is -2.51. The van der Waals surface area contributed by atoms with Crippen LogP contribution in [-0.4, -0.2) is 43.3 Å². The zero-order valence-corrected chi connectivity index (χ0v) is 9.54. The molecule has 0 saturated carbocycles. The number of hydrogen-bond donors (Lipinski definition) is 1. The van der Waals surface area contributed by atoms with Crippen molar-refractivity contribution in [3.8, 4) is 0 Å². The molecule has 1 aliphatic rings. The molecular weight excluding hydrogens is 210 g/mol. The molecule has 0 radical (unpaired) electrons. The highest BCUT2D eigenvalue weighted by Gasteiger charge is 2.26. The zero-order chi connectivity index (χ0) is 10.8. The van der Waals surface area contributed by atoms with E-state index in [0.29, 0.717) is 12.4 Å². The topological polar surface area (TPSA) is 44.7 Å². The lowest BCUT2D eigenvalue weighted by Gasteiger charge is -2.25. The molecule has 4 nitrogen and oxygen atoms in total. The van der Waals surface area contributed by atoms with Gasteiger partial charge in [0.15, 0.2) is 0 Å². The van der Waals surface area contributed by atoms with Gasteiger partial charge in [0.05, 0.1) is 11.4 Å². The van der Waals surface area contributed by atoms with Gasteiger partial charge in [-0.15, -0.1) is 11.3 Å². The summed E-state index contributed by atoms with van der Waals surface area (Å²) in [4.78, 5) is 19.0. The molecule has 1 aromatic heterocycles. The number of carbonyl (C=O) groups is 1. The molecule has 2 heterocycles. The summed E-state index contributed by atoms with van der Waals surface area (Å²) in [5.74, 6) is 0.728. The zero-order valence-electron chi connectivity index (χ0n) is 8.73. The molecule has 0 bridgehead atoms. The van der Waals surface area contributed by atoms with Crippen LogP contribution in [0.1, 0.15) is 4.88 Å². The number of amidine groups is 1. The first kappa shape index (κ1) is 10.3. The van der Waals surface area contributed by atoms with Gasteiger partial charge in [0.2, 0.25) is 5.91 Å². The van der Waals surface area contributed by atoms with E-state index in [1.54, 1.807) is 11.3 Å². The van der Waals surface area contributed by atoms with E-state index < -0.39 is 0 Å². The third kappa shape index (κ3) is 2.08. The number of thiophene rings is 1. The summed E-state index contributed by atoms with van der Waals surface area (Å²) in [5.41, 5.74) is 0.